The van der Waals surface area contributed by atoms with Crippen molar-refractivity contribution in [2.75, 3.05) is 13.1 Å². The first kappa shape index (κ1) is 13.2. The van der Waals surface area contributed by atoms with Crippen LogP contribution < -0.4 is 5.32 Å². The Hall–Kier alpha value is -1.23. The minimum atomic E-state index is -0.287. The molecule has 2 rings (SSSR count). The van der Waals surface area contributed by atoms with E-state index in [1.165, 1.54) is 0 Å². The molecular weight excluding hydrogens is 228 g/mol. The van der Waals surface area contributed by atoms with Gasteiger partial charge in [-0.2, -0.15) is 0 Å². The van der Waals surface area contributed by atoms with Gasteiger partial charge in [0.15, 0.2) is 0 Å². The number of nitrogens with one attached hydrogen (secondary N) is 1. The van der Waals surface area contributed by atoms with Crippen molar-refractivity contribution in [3.05, 3.63) is 11.9 Å². The van der Waals surface area contributed by atoms with Gasteiger partial charge in [-0.05, 0) is 31.8 Å². The van der Waals surface area contributed by atoms with Gasteiger partial charge in [0.25, 0.3) is 0 Å². The number of Topliss-reactive ketones (excluding diaryl/α,β-unsaturated/α-hetero) is 1. The average Bonchev–Trinajstić information content (AvgIpc) is 2.76. The summed E-state index contributed by atoms with van der Waals surface area (Å²) in [7, 11) is 1.82. The first-order valence-corrected chi connectivity index (χ1v) is 6.59. The van der Waals surface area contributed by atoms with Gasteiger partial charge in [0.1, 0.15) is 5.78 Å². The third-order valence-electron chi connectivity index (χ3n) is 4.03. The minimum Gasteiger partial charge on any atom is -0.316 e. The normalized spacial score (nSPS) is 20.9. The van der Waals surface area contributed by atoms with E-state index in [0.29, 0.717) is 12.3 Å². The molecule has 0 bridgehead atoms. The zero-order valence-electron chi connectivity index (χ0n) is 11.4. The van der Waals surface area contributed by atoms with Crippen molar-refractivity contribution >= 4 is 5.78 Å². The fraction of sp³-hybridized carbons (Fsp3) is 0.769. The van der Waals surface area contributed by atoms with Gasteiger partial charge in [-0.1, -0.05) is 19.1 Å². The number of carbonyl (C=O) groups is 1. The van der Waals surface area contributed by atoms with Gasteiger partial charge in [-0.15, -0.1) is 5.10 Å². The van der Waals surface area contributed by atoms with E-state index < -0.39 is 0 Å². The number of ketones is 1. The van der Waals surface area contributed by atoms with Gasteiger partial charge in [0, 0.05) is 18.7 Å². The molecule has 1 aromatic heterocycles. The molecule has 1 aliphatic rings. The molecule has 1 aliphatic heterocycles. The lowest BCUT2D eigenvalue weighted by atomic mass is 9.71. The van der Waals surface area contributed by atoms with Crippen LogP contribution in [0.2, 0.25) is 0 Å². The van der Waals surface area contributed by atoms with E-state index >= 15 is 0 Å². The van der Waals surface area contributed by atoms with E-state index in [9.17, 15) is 4.79 Å². The third kappa shape index (κ3) is 2.77. The molecule has 5 heteroatoms. The Balaban J connectivity index is 2.02. The number of carbonyl (C=O) groups excluding carboxylic acids is 1. The molecule has 1 saturated heterocycles. The number of aryl methyl sites for hydroxylation is 1. The highest BCUT2D eigenvalue weighted by atomic mass is 16.1. The van der Waals surface area contributed by atoms with E-state index in [-0.39, 0.29) is 11.2 Å². The summed E-state index contributed by atoms with van der Waals surface area (Å²) in [6.45, 7) is 6.14. The van der Waals surface area contributed by atoms with E-state index in [0.717, 1.165) is 31.6 Å². The molecule has 1 fully saturated rings. The first-order valence-electron chi connectivity index (χ1n) is 6.59. The zero-order valence-corrected chi connectivity index (χ0v) is 11.4. The van der Waals surface area contributed by atoms with Gasteiger partial charge < -0.3 is 5.32 Å². The maximum Gasteiger partial charge on any atom is 0.144 e. The van der Waals surface area contributed by atoms with Crippen molar-refractivity contribution in [1.29, 1.82) is 0 Å². The predicted molar refractivity (Wildman–Crippen MR) is 69.1 cm³/mol. The molecule has 0 radical (unpaired) electrons. The zero-order chi connectivity index (χ0) is 13.2. The van der Waals surface area contributed by atoms with Crippen LogP contribution in [0.5, 0.6) is 0 Å². The molecule has 0 saturated carbocycles. The molecule has 100 valence electrons. The molecule has 0 aromatic carbocycles. The molecule has 1 aromatic rings. The molecule has 1 N–H and O–H groups in total. The number of hydrogen-bond donors (Lipinski definition) is 1. The summed E-state index contributed by atoms with van der Waals surface area (Å²) in [5, 5.41) is 11.2. The van der Waals surface area contributed by atoms with Crippen molar-refractivity contribution in [3.63, 3.8) is 0 Å². The second-order valence-electron chi connectivity index (χ2n) is 5.75. The molecular formula is C13H22N4O. The number of nitrogens with zero attached hydrogens (tertiary/aromatic N) is 3. The second kappa shape index (κ2) is 5.18. The van der Waals surface area contributed by atoms with E-state index in [4.69, 9.17) is 0 Å². The highest BCUT2D eigenvalue weighted by Gasteiger charge is 2.36. The van der Waals surface area contributed by atoms with Gasteiger partial charge in [0.05, 0.1) is 12.1 Å². The minimum absolute atomic E-state index is 0.261. The maximum atomic E-state index is 12.4. The summed E-state index contributed by atoms with van der Waals surface area (Å²) < 4.78 is 1.64. The lowest BCUT2D eigenvalue weighted by Gasteiger charge is -2.36. The molecule has 0 aliphatic carbocycles. The number of hydrogen-bond acceptors (Lipinski definition) is 4. The van der Waals surface area contributed by atoms with Gasteiger partial charge in [-0.25, -0.2) is 0 Å². The van der Waals surface area contributed by atoms with Crippen LogP contribution in [0.15, 0.2) is 6.20 Å². The van der Waals surface area contributed by atoms with Gasteiger partial charge >= 0.3 is 0 Å². The molecule has 5 nitrogen and oxygen atoms in total. The Bertz CT molecular complexity index is 418. The van der Waals surface area contributed by atoms with Crippen LogP contribution in [0, 0.1) is 11.3 Å². The van der Waals surface area contributed by atoms with Crippen LogP contribution >= 0.6 is 0 Å². The highest BCUT2D eigenvalue weighted by Crippen LogP contribution is 2.33. The summed E-state index contributed by atoms with van der Waals surface area (Å²) in [5.41, 5.74) is 0.477. The SMILES string of the molecule is Cn1cc(CC(=O)C(C)(C)C2CCCNC2)nn1. The average molecular weight is 250 g/mol. The standard InChI is InChI=1S/C13H22N4O/c1-13(2,10-5-4-6-14-8-10)12(18)7-11-9-17(3)16-15-11/h9-10,14H,4-8H2,1-3H3. The van der Waals surface area contributed by atoms with E-state index in [2.05, 4.69) is 29.5 Å². The Morgan fingerprint density at radius 2 is 2.39 bits per heavy atom. The van der Waals surface area contributed by atoms with E-state index in [1.807, 2.05) is 13.2 Å². The molecule has 18 heavy (non-hydrogen) atoms. The number of rotatable bonds is 4. The van der Waals surface area contributed by atoms with Crippen molar-refractivity contribution in [1.82, 2.24) is 20.3 Å². The van der Waals surface area contributed by atoms with Crippen molar-refractivity contribution in [2.45, 2.75) is 33.1 Å². The topological polar surface area (TPSA) is 59.8 Å². The Kier molecular flexibility index (Phi) is 3.80. The lowest BCUT2D eigenvalue weighted by molar-refractivity contribution is -0.129. The summed E-state index contributed by atoms with van der Waals surface area (Å²) in [6.07, 6.45) is 4.49. The largest absolute Gasteiger partial charge is 0.316 e. The smallest absolute Gasteiger partial charge is 0.144 e. The van der Waals surface area contributed by atoms with Crippen LogP contribution in [-0.2, 0) is 18.3 Å². The fourth-order valence-corrected chi connectivity index (χ4v) is 2.56. The Morgan fingerprint density at radius 3 is 2.94 bits per heavy atom. The summed E-state index contributed by atoms with van der Waals surface area (Å²) in [5.74, 6) is 0.687. The van der Waals surface area contributed by atoms with Crippen molar-refractivity contribution in [3.8, 4) is 0 Å². The summed E-state index contributed by atoms with van der Waals surface area (Å²) in [4.78, 5) is 12.4. The van der Waals surface area contributed by atoms with Gasteiger partial charge in [-0.3, -0.25) is 9.48 Å². The quantitative estimate of drug-likeness (QED) is 0.864. The van der Waals surface area contributed by atoms with Gasteiger partial charge in [0.2, 0.25) is 0 Å². The Labute approximate surface area is 108 Å². The van der Waals surface area contributed by atoms with Crippen molar-refractivity contribution in [2.24, 2.45) is 18.4 Å². The van der Waals surface area contributed by atoms with Crippen LogP contribution in [-0.4, -0.2) is 33.9 Å². The second-order valence-corrected chi connectivity index (χ2v) is 5.75. The molecule has 1 unspecified atom stereocenters. The number of aromatic nitrogens is 3. The van der Waals surface area contributed by atoms with E-state index in [1.54, 1.807) is 4.68 Å². The predicted octanol–water partition coefficient (Wildman–Crippen LogP) is 0.952. The lowest BCUT2D eigenvalue weighted by Crippen LogP contribution is -2.43. The first-order chi connectivity index (χ1) is 8.50. The number of piperidine rings is 1. The third-order valence-corrected chi connectivity index (χ3v) is 4.03. The molecule has 0 amide bonds. The van der Waals surface area contributed by atoms with Crippen LogP contribution in [0.1, 0.15) is 32.4 Å². The molecule has 2 heterocycles. The highest BCUT2D eigenvalue weighted by molar-refractivity contribution is 5.86. The van der Waals surface area contributed by atoms with Crippen molar-refractivity contribution < 1.29 is 4.79 Å². The monoisotopic (exact) mass is 250 g/mol. The van der Waals surface area contributed by atoms with Crippen LogP contribution in [0.3, 0.4) is 0 Å². The maximum absolute atomic E-state index is 12.4. The van der Waals surface area contributed by atoms with Crippen LogP contribution in [0.4, 0.5) is 0 Å². The van der Waals surface area contributed by atoms with Crippen LogP contribution in [0.25, 0.3) is 0 Å². The summed E-state index contributed by atoms with van der Waals surface area (Å²) in [6, 6.07) is 0. The summed E-state index contributed by atoms with van der Waals surface area (Å²) >= 11 is 0. The Morgan fingerprint density at radius 1 is 1.61 bits per heavy atom. The fourth-order valence-electron chi connectivity index (χ4n) is 2.56. The molecule has 0 spiro atoms. The molecule has 1 atom stereocenters.